The molecule has 1 aliphatic heterocycles. The van der Waals surface area contributed by atoms with Crippen LogP contribution in [0.3, 0.4) is 0 Å². The molecule has 0 aliphatic carbocycles. The van der Waals surface area contributed by atoms with E-state index in [1.807, 2.05) is 0 Å². The van der Waals surface area contributed by atoms with Gasteiger partial charge in [-0.1, -0.05) is 12.1 Å². The summed E-state index contributed by atoms with van der Waals surface area (Å²) in [7, 11) is -3.12. The lowest BCUT2D eigenvalue weighted by Gasteiger charge is -2.26. The molecule has 0 bridgehead atoms. The topological polar surface area (TPSA) is 94.0 Å². The van der Waals surface area contributed by atoms with Crippen molar-refractivity contribution < 1.29 is 13.2 Å². The maximum Gasteiger partial charge on any atom is 0.185 e. The first kappa shape index (κ1) is 14.1. The van der Waals surface area contributed by atoms with Crippen LogP contribution in [0.1, 0.15) is 36.3 Å². The number of nitrogens with one attached hydrogen (secondary N) is 1. The van der Waals surface area contributed by atoms with Crippen molar-refractivity contribution in [3.63, 3.8) is 0 Å². The third kappa shape index (κ3) is 3.60. The second-order valence-electron chi connectivity index (χ2n) is 4.72. The summed E-state index contributed by atoms with van der Waals surface area (Å²) in [5, 5.41) is 10.8. The van der Waals surface area contributed by atoms with Gasteiger partial charge in [-0.2, -0.15) is 0 Å². The molecule has 0 unspecified atom stereocenters. The summed E-state index contributed by atoms with van der Waals surface area (Å²) in [4.78, 5) is 11.8. The molecule has 1 N–H and O–H groups in total. The minimum atomic E-state index is -3.12. The molecule has 1 aromatic heterocycles. The van der Waals surface area contributed by atoms with Crippen LogP contribution >= 0.6 is 0 Å². The standard InChI is InChI=1S/C11H18N4O3S/c1-2-4-19(17,18)5-3-11(16)10-8-15(14-13-10)9-6-12-7-9/h8-9,12H,2-7H2,1H3. The number of sulfone groups is 1. The second-order valence-corrected chi connectivity index (χ2v) is 7.02. The molecule has 1 aliphatic rings. The highest BCUT2D eigenvalue weighted by molar-refractivity contribution is 7.91. The Balaban J connectivity index is 1.91. The summed E-state index contributed by atoms with van der Waals surface area (Å²) in [6, 6.07) is 0.248. The second kappa shape index (κ2) is 5.79. The molecular weight excluding hydrogens is 268 g/mol. The molecule has 2 rings (SSSR count). The number of hydrogen-bond donors (Lipinski definition) is 1. The Kier molecular flexibility index (Phi) is 4.31. The molecule has 19 heavy (non-hydrogen) atoms. The van der Waals surface area contributed by atoms with Gasteiger partial charge in [0.05, 0.1) is 18.0 Å². The maximum atomic E-state index is 11.8. The Morgan fingerprint density at radius 3 is 2.79 bits per heavy atom. The Hall–Kier alpha value is -1.28. The highest BCUT2D eigenvalue weighted by Crippen LogP contribution is 2.11. The average Bonchev–Trinajstić information content (AvgIpc) is 2.73. The van der Waals surface area contributed by atoms with E-state index in [0.717, 1.165) is 13.1 Å². The van der Waals surface area contributed by atoms with Crippen LogP contribution in [0.25, 0.3) is 0 Å². The molecule has 0 atom stereocenters. The van der Waals surface area contributed by atoms with E-state index in [1.54, 1.807) is 17.8 Å². The summed E-state index contributed by atoms with van der Waals surface area (Å²) in [6.45, 7) is 3.45. The van der Waals surface area contributed by atoms with E-state index in [2.05, 4.69) is 15.6 Å². The van der Waals surface area contributed by atoms with Crippen LogP contribution in [-0.2, 0) is 9.84 Å². The van der Waals surface area contributed by atoms with Gasteiger partial charge in [0.1, 0.15) is 5.69 Å². The molecule has 0 spiro atoms. The number of ketones is 1. The van der Waals surface area contributed by atoms with Gasteiger partial charge in [0, 0.05) is 25.3 Å². The normalized spacial score (nSPS) is 16.3. The Morgan fingerprint density at radius 1 is 1.47 bits per heavy atom. The quantitative estimate of drug-likeness (QED) is 0.699. The van der Waals surface area contributed by atoms with E-state index < -0.39 is 9.84 Å². The van der Waals surface area contributed by atoms with Crippen molar-refractivity contribution in [3.8, 4) is 0 Å². The monoisotopic (exact) mass is 286 g/mol. The molecule has 0 saturated carbocycles. The molecule has 2 heterocycles. The highest BCUT2D eigenvalue weighted by atomic mass is 32.2. The number of hydrogen-bond acceptors (Lipinski definition) is 6. The molecule has 1 fully saturated rings. The van der Waals surface area contributed by atoms with Gasteiger partial charge in [-0.15, -0.1) is 5.10 Å². The first-order valence-corrected chi connectivity index (χ1v) is 8.20. The van der Waals surface area contributed by atoms with Crippen LogP contribution in [0.15, 0.2) is 6.20 Å². The molecule has 7 nitrogen and oxygen atoms in total. The zero-order chi connectivity index (χ0) is 13.9. The van der Waals surface area contributed by atoms with Gasteiger partial charge in [0.2, 0.25) is 0 Å². The molecule has 0 aromatic carbocycles. The summed E-state index contributed by atoms with van der Waals surface area (Å²) in [5.74, 6) is -0.253. The van der Waals surface area contributed by atoms with E-state index >= 15 is 0 Å². The first-order chi connectivity index (χ1) is 9.02. The fraction of sp³-hybridized carbons (Fsp3) is 0.727. The fourth-order valence-electron chi connectivity index (χ4n) is 1.83. The molecule has 1 saturated heterocycles. The Morgan fingerprint density at radius 2 is 2.21 bits per heavy atom. The zero-order valence-corrected chi connectivity index (χ0v) is 11.7. The molecule has 0 amide bonds. The number of Topliss-reactive ketones (excluding diaryl/α,β-unsaturated/α-hetero) is 1. The SMILES string of the molecule is CCCS(=O)(=O)CCC(=O)c1cn(C2CNC2)nn1. The fourth-order valence-corrected chi connectivity index (χ4v) is 3.16. The van der Waals surface area contributed by atoms with Crippen molar-refractivity contribution >= 4 is 15.6 Å². The largest absolute Gasteiger partial charge is 0.312 e. The van der Waals surface area contributed by atoms with Crippen LogP contribution in [0, 0.1) is 0 Å². The van der Waals surface area contributed by atoms with E-state index in [1.165, 1.54) is 0 Å². The average molecular weight is 286 g/mol. The van der Waals surface area contributed by atoms with Crippen molar-refractivity contribution in [2.24, 2.45) is 0 Å². The molecule has 106 valence electrons. The minimum Gasteiger partial charge on any atom is -0.312 e. The highest BCUT2D eigenvalue weighted by Gasteiger charge is 2.22. The lowest BCUT2D eigenvalue weighted by Crippen LogP contribution is -2.43. The number of carbonyl (C=O) groups is 1. The van der Waals surface area contributed by atoms with Crippen molar-refractivity contribution in [1.82, 2.24) is 20.3 Å². The van der Waals surface area contributed by atoms with Gasteiger partial charge < -0.3 is 5.32 Å². The maximum absolute atomic E-state index is 11.8. The third-order valence-electron chi connectivity index (χ3n) is 3.09. The van der Waals surface area contributed by atoms with E-state index in [-0.39, 0.29) is 35.4 Å². The predicted octanol–water partition coefficient (Wildman–Crippen LogP) is -0.180. The van der Waals surface area contributed by atoms with E-state index in [9.17, 15) is 13.2 Å². The molecular formula is C11H18N4O3S. The lowest BCUT2D eigenvalue weighted by molar-refractivity contribution is 0.0984. The van der Waals surface area contributed by atoms with Crippen molar-refractivity contribution in [1.29, 1.82) is 0 Å². The number of carbonyl (C=O) groups excluding carboxylic acids is 1. The van der Waals surface area contributed by atoms with Gasteiger partial charge in [-0.3, -0.25) is 4.79 Å². The molecule has 0 radical (unpaired) electrons. The van der Waals surface area contributed by atoms with Gasteiger partial charge in [-0.05, 0) is 6.42 Å². The first-order valence-electron chi connectivity index (χ1n) is 6.38. The van der Waals surface area contributed by atoms with Gasteiger partial charge in [-0.25, -0.2) is 13.1 Å². The van der Waals surface area contributed by atoms with E-state index in [0.29, 0.717) is 6.42 Å². The third-order valence-corrected chi connectivity index (χ3v) is 4.94. The Labute approximate surface area is 112 Å². The van der Waals surface area contributed by atoms with Gasteiger partial charge in [0.15, 0.2) is 15.6 Å². The van der Waals surface area contributed by atoms with Crippen molar-refractivity contribution in [2.75, 3.05) is 24.6 Å². The summed E-state index contributed by atoms with van der Waals surface area (Å²) >= 11 is 0. The van der Waals surface area contributed by atoms with Crippen molar-refractivity contribution in [3.05, 3.63) is 11.9 Å². The van der Waals surface area contributed by atoms with E-state index in [4.69, 9.17) is 0 Å². The van der Waals surface area contributed by atoms with Crippen molar-refractivity contribution in [2.45, 2.75) is 25.8 Å². The summed E-state index contributed by atoms with van der Waals surface area (Å²) in [6.07, 6.45) is 2.14. The molecule has 1 aromatic rings. The van der Waals surface area contributed by atoms with Crippen LogP contribution in [0.4, 0.5) is 0 Å². The van der Waals surface area contributed by atoms with Crippen LogP contribution in [-0.4, -0.2) is 53.8 Å². The van der Waals surface area contributed by atoms with Crippen LogP contribution in [0.2, 0.25) is 0 Å². The number of rotatable bonds is 7. The van der Waals surface area contributed by atoms with Gasteiger partial charge in [0.25, 0.3) is 0 Å². The number of aromatic nitrogens is 3. The summed E-state index contributed by atoms with van der Waals surface area (Å²) in [5.41, 5.74) is 0.249. The zero-order valence-electron chi connectivity index (χ0n) is 10.9. The smallest absolute Gasteiger partial charge is 0.185 e. The molecule has 8 heteroatoms. The Bertz CT molecular complexity index is 548. The predicted molar refractivity (Wildman–Crippen MR) is 69.8 cm³/mol. The van der Waals surface area contributed by atoms with Crippen LogP contribution in [0.5, 0.6) is 0 Å². The van der Waals surface area contributed by atoms with Crippen LogP contribution < -0.4 is 5.32 Å². The summed E-state index contributed by atoms with van der Waals surface area (Å²) < 4.78 is 24.7. The number of nitrogens with zero attached hydrogens (tertiary/aromatic N) is 3. The lowest BCUT2D eigenvalue weighted by atomic mass is 10.2. The van der Waals surface area contributed by atoms with Gasteiger partial charge >= 0.3 is 0 Å². The minimum absolute atomic E-state index is 0.0239.